The second-order valence-corrected chi connectivity index (χ2v) is 5.31. The fraction of sp³-hybridized carbons (Fsp3) is 0.158. The van der Waals surface area contributed by atoms with Gasteiger partial charge in [-0.3, -0.25) is 0 Å². The van der Waals surface area contributed by atoms with Crippen LogP contribution in [0.1, 0.15) is 30.0 Å². The van der Waals surface area contributed by atoms with Gasteiger partial charge in [-0.25, -0.2) is 4.39 Å². The van der Waals surface area contributed by atoms with Gasteiger partial charge in [0.1, 0.15) is 5.82 Å². The van der Waals surface area contributed by atoms with Crippen LogP contribution in [0.3, 0.4) is 0 Å². The molecule has 0 aliphatic rings. The van der Waals surface area contributed by atoms with Crippen molar-refractivity contribution in [2.45, 2.75) is 19.8 Å². The number of H-pyrrole nitrogens is 1. The lowest BCUT2D eigenvalue weighted by Gasteiger charge is -2.05. The Balaban J connectivity index is 1.90. The monoisotopic (exact) mass is 279 g/mol. The molecule has 0 bridgehead atoms. The normalized spacial score (nSPS) is 11.0. The number of nitrogens with one attached hydrogen (secondary N) is 1. The zero-order valence-corrected chi connectivity index (χ0v) is 12.1. The van der Waals surface area contributed by atoms with E-state index in [1.807, 2.05) is 12.3 Å². The van der Waals surface area contributed by atoms with Crippen molar-refractivity contribution in [3.63, 3.8) is 0 Å². The Labute approximate surface area is 124 Å². The smallest absolute Gasteiger partial charge is 0.132 e. The Kier molecular flexibility index (Phi) is 3.61. The average Bonchev–Trinajstić information content (AvgIpc) is 2.92. The standard InChI is InChI=1S/C19H18FN/c1-3-13(2)15-9-7-14(8-10-15)11-16-12-21-18-6-4-5-17(20)19(16)18/h4-10,12,21H,2-3,11H2,1H3. The number of aromatic amines is 1. The van der Waals surface area contributed by atoms with Crippen LogP contribution in [0.15, 0.2) is 55.2 Å². The summed E-state index contributed by atoms with van der Waals surface area (Å²) < 4.78 is 14.0. The van der Waals surface area contributed by atoms with E-state index in [2.05, 4.69) is 42.8 Å². The summed E-state index contributed by atoms with van der Waals surface area (Å²) in [5, 5.41) is 0.694. The van der Waals surface area contributed by atoms with E-state index in [9.17, 15) is 4.39 Å². The van der Waals surface area contributed by atoms with E-state index >= 15 is 0 Å². The summed E-state index contributed by atoms with van der Waals surface area (Å²) in [4.78, 5) is 3.13. The number of hydrogen-bond acceptors (Lipinski definition) is 0. The third-order valence-electron chi connectivity index (χ3n) is 3.92. The molecule has 0 aliphatic carbocycles. The van der Waals surface area contributed by atoms with Gasteiger partial charge < -0.3 is 4.98 Å². The molecule has 2 heteroatoms. The summed E-state index contributed by atoms with van der Waals surface area (Å²) in [6, 6.07) is 13.5. The second kappa shape index (κ2) is 5.57. The predicted molar refractivity (Wildman–Crippen MR) is 86.8 cm³/mol. The first-order chi connectivity index (χ1) is 10.2. The highest BCUT2D eigenvalue weighted by Gasteiger charge is 2.09. The summed E-state index contributed by atoms with van der Waals surface area (Å²) >= 11 is 0. The molecule has 0 fully saturated rings. The summed E-state index contributed by atoms with van der Waals surface area (Å²) in [5.41, 5.74) is 5.32. The molecule has 0 unspecified atom stereocenters. The minimum absolute atomic E-state index is 0.167. The molecule has 21 heavy (non-hydrogen) atoms. The molecule has 0 spiro atoms. The van der Waals surface area contributed by atoms with E-state index in [-0.39, 0.29) is 5.82 Å². The molecule has 0 saturated heterocycles. The van der Waals surface area contributed by atoms with Crippen molar-refractivity contribution in [3.8, 4) is 0 Å². The van der Waals surface area contributed by atoms with Crippen LogP contribution in [0, 0.1) is 5.82 Å². The van der Waals surface area contributed by atoms with Crippen molar-refractivity contribution < 1.29 is 4.39 Å². The fourth-order valence-corrected chi connectivity index (χ4v) is 2.63. The van der Waals surface area contributed by atoms with Crippen LogP contribution in [-0.4, -0.2) is 4.98 Å². The van der Waals surface area contributed by atoms with Crippen LogP contribution in [0.5, 0.6) is 0 Å². The van der Waals surface area contributed by atoms with Gasteiger partial charge >= 0.3 is 0 Å². The van der Waals surface area contributed by atoms with Crippen molar-refractivity contribution in [3.05, 3.63) is 77.7 Å². The molecule has 106 valence electrons. The van der Waals surface area contributed by atoms with Crippen molar-refractivity contribution in [2.75, 3.05) is 0 Å². The topological polar surface area (TPSA) is 15.8 Å². The van der Waals surface area contributed by atoms with E-state index in [4.69, 9.17) is 0 Å². The molecular formula is C19H18FN. The molecule has 0 radical (unpaired) electrons. The molecule has 1 heterocycles. The van der Waals surface area contributed by atoms with E-state index < -0.39 is 0 Å². The highest BCUT2D eigenvalue weighted by Crippen LogP contribution is 2.24. The molecule has 1 nitrogen and oxygen atoms in total. The number of benzene rings is 2. The number of fused-ring (bicyclic) bond motifs is 1. The molecule has 1 aromatic heterocycles. The summed E-state index contributed by atoms with van der Waals surface area (Å²) in [6.45, 7) is 6.15. The number of halogens is 1. The maximum atomic E-state index is 14.0. The quantitative estimate of drug-likeness (QED) is 0.665. The zero-order chi connectivity index (χ0) is 14.8. The molecular weight excluding hydrogens is 261 g/mol. The Hall–Kier alpha value is -2.35. The third-order valence-corrected chi connectivity index (χ3v) is 3.92. The van der Waals surface area contributed by atoms with E-state index in [1.54, 1.807) is 6.07 Å². The Morgan fingerprint density at radius 2 is 1.90 bits per heavy atom. The summed E-state index contributed by atoms with van der Waals surface area (Å²) in [6.07, 6.45) is 3.57. The van der Waals surface area contributed by atoms with Crippen LogP contribution in [0.25, 0.3) is 16.5 Å². The second-order valence-electron chi connectivity index (χ2n) is 5.31. The van der Waals surface area contributed by atoms with Gasteiger partial charge in [0.2, 0.25) is 0 Å². The van der Waals surface area contributed by atoms with E-state index in [1.165, 1.54) is 17.2 Å². The van der Waals surface area contributed by atoms with Crippen molar-refractivity contribution in [1.82, 2.24) is 4.98 Å². The lowest BCUT2D eigenvalue weighted by Crippen LogP contribution is -1.89. The van der Waals surface area contributed by atoms with Crippen LogP contribution in [0.2, 0.25) is 0 Å². The minimum atomic E-state index is -0.167. The zero-order valence-electron chi connectivity index (χ0n) is 12.1. The Morgan fingerprint density at radius 3 is 2.62 bits per heavy atom. The van der Waals surface area contributed by atoms with Crippen LogP contribution < -0.4 is 0 Å². The van der Waals surface area contributed by atoms with E-state index in [0.717, 1.165) is 29.5 Å². The number of rotatable bonds is 4. The first-order valence-electron chi connectivity index (χ1n) is 7.20. The van der Waals surface area contributed by atoms with E-state index in [0.29, 0.717) is 5.39 Å². The maximum Gasteiger partial charge on any atom is 0.132 e. The third kappa shape index (κ3) is 2.62. The van der Waals surface area contributed by atoms with Gasteiger partial charge in [-0.1, -0.05) is 43.8 Å². The molecule has 3 aromatic rings. The van der Waals surface area contributed by atoms with Gasteiger partial charge in [-0.15, -0.1) is 0 Å². The van der Waals surface area contributed by atoms with Gasteiger partial charge in [0.05, 0.1) is 0 Å². The molecule has 0 saturated carbocycles. The minimum Gasteiger partial charge on any atom is -0.361 e. The molecule has 1 N–H and O–H groups in total. The van der Waals surface area contributed by atoms with Gasteiger partial charge in [0.15, 0.2) is 0 Å². The highest BCUT2D eigenvalue weighted by molar-refractivity contribution is 5.84. The van der Waals surface area contributed by atoms with Gasteiger partial charge in [-0.2, -0.15) is 0 Å². The van der Waals surface area contributed by atoms with Gasteiger partial charge in [0.25, 0.3) is 0 Å². The van der Waals surface area contributed by atoms with Gasteiger partial charge in [0, 0.05) is 17.1 Å². The molecule has 0 amide bonds. The Morgan fingerprint density at radius 1 is 1.14 bits per heavy atom. The first-order valence-corrected chi connectivity index (χ1v) is 7.20. The fourth-order valence-electron chi connectivity index (χ4n) is 2.63. The average molecular weight is 279 g/mol. The largest absolute Gasteiger partial charge is 0.361 e. The molecule has 3 rings (SSSR count). The lowest BCUT2D eigenvalue weighted by molar-refractivity contribution is 0.639. The van der Waals surface area contributed by atoms with Crippen LogP contribution in [-0.2, 0) is 6.42 Å². The van der Waals surface area contributed by atoms with Crippen molar-refractivity contribution in [2.24, 2.45) is 0 Å². The number of aromatic nitrogens is 1. The first kappa shape index (κ1) is 13.6. The molecule has 0 aliphatic heterocycles. The Bertz CT molecular complexity index is 781. The maximum absolute atomic E-state index is 14.0. The van der Waals surface area contributed by atoms with Crippen LogP contribution >= 0.6 is 0 Å². The summed E-state index contributed by atoms with van der Waals surface area (Å²) in [7, 11) is 0. The molecule has 2 aromatic carbocycles. The van der Waals surface area contributed by atoms with Gasteiger partial charge in [-0.05, 0) is 47.2 Å². The summed E-state index contributed by atoms with van der Waals surface area (Å²) in [5.74, 6) is -0.167. The lowest BCUT2D eigenvalue weighted by atomic mass is 10.00. The SMILES string of the molecule is C=C(CC)c1ccc(Cc2c[nH]c3cccc(F)c23)cc1. The number of hydrogen-bond donors (Lipinski definition) is 1. The highest BCUT2D eigenvalue weighted by atomic mass is 19.1. The van der Waals surface area contributed by atoms with Crippen LogP contribution in [0.4, 0.5) is 4.39 Å². The number of allylic oxidation sites excluding steroid dienone is 1. The van der Waals surface area contributed by atoms with Crippen molar-refractivity contribution >= 4 is 16.5 Å². The molecule has 0 atom stereocenters. The van der Waals surface area contributed by atoms with Crippen molar-refractivity contribution in [1.29, 1.82) is 0 Å². The predicted octanol–water partition coefficient (Wildman–Crippen LogP) is 5.32.